The molecule has 0 aliphatic carbocycles. The van der Waals surface area contributed by atoms with E-state index in [1.165, 1.54) is 24.3 Å². The minimum atomic E-state index is -4.73. The molecule has 0 aromatic heterocycles. The molecule has 1 amide bonds. The summed E-state index contributed by atoms with van der Waals surface area (Å²) in [6, 6.07) is 7.75. The van der Waals surface area contributed by atoms with Crippen LogP contribution in [0.4, 0.5) is 24.5 Å². The number of nitrogens with zero attached hydrogens (tertiary/aromatic N) is 1. The number of nitrogens with one attached hydrogen (secondary N) is 1. The van der Waals surface area contributed by atoms with Gasteiger partial charge in [-0.1, -0.05) is 11.6 Å². The van der Waals surface area contributed by atoms with Crippen molar-refractivity contribution >= 4 is 44.9 Å². The Balaban J connectivity index is 2.25. The van der Waals surface area contributed by atoms with E-state index < -0.39 is 45.9 Å². The number of hydrogen-bond donors (Lipinski definition) is 1. The van der Waals surface area contributed by atoms with Crippen LogP contribution in [0.25, 0.3) is 0 Å². The second kappa shape index (κ2) is 9.56. The molecule has 7 nitrogen and oxygen atoms in total. The predicted molar refractivity (Wildman–Crippen MR) is 110 cm³/mol. The Morgan fingerprint density at radius 3 is 2.26 bits per heavy atom. The van der Waals surface area contributed by atoms with Gasteiger partial charge in [0.1, 0.15) is 6.54 Å². The summed E-state index contributed by atoms with van der Waals surface area (Å²) in [7, 11) is -4.15. The number of carbonyl (C=O) groups is 2. The highest BCUT2D eigenvalue weighted by molar-refractivity contribution is 7.92. The van der Waals surface area contributed by atoms with Crippen molar-refractivity contribution in [3.63, 3.8) is 0 Å². The van der Waals surface area contributed by atoms with E-state index in [-0.39, 0.29) is 22.9 Å². The van der Waals surface area contributed by atoms with Crippen molar-refractivity contribution in [3.8, 4) is 0 Å². The minimum absolute atomic E-state index is 0.191. The molecule has 0 saturated heterocycles. The second-order valence-corrected chi connectivity index (χ2v) is 8.59. The van der Waals surface area contributed by atoms with Crippen molar-refractivity contribution in [2.24, 2.45) is 0 Å². The Kier molecular flexibility index (Phi) is 7.55. The molecule has 0 fully saturated rings. The molecule has 0 aliphatic rings. The van der Waals surface area contributed by atoms with Crippen LogP contribution in [0.2, 0.25) is 5.02 Å². The molecule has 12 heteroatoms. The smallest absolute Gasteiger partial charge is 0.416 e. The fraction of sp³-hybridized carbons (Fsp3) is 0.263. The van der Waals surface area contributed by atoms with Crippen LogP contribution in [-0.4, -0.2) is 39.7 Å². The zero-order valence-electron chi connectivity index (χ0n) is 16.4. The summed E-state index contributed by atoms with van der Waals surface area (Å²) in [5.41, 5.74) is -1.11. The topological polar surface area (TPSA) is 92.8 Å². The fourth-order valence-electron chi connectivity index (χ4n) is 2.50. The van der Waals surface area contributed by atoms with Gasteiger partial charge in [0.2, 0.25) is 15.9 Å². The van der Waals surface area contributed by atoms with Gasteiger partial charge in [-0.2, -0.15) is 13.2 Å². The average molecular weight is 479 g/mol. The van der Waals surface area contributed by atoms with Gasteiger partial charge in [-0.25, -0.2) is 13.2 Å². The first kappa shape index (κ1) is 24.5. The van der Waals surface area contributed by atoms with Crippen LogP contribution in [0.5, 0.6) is 0 Å². The zero-order valence-corrected chi connectivity index (χ0v) is 17.9. The Bertz CT molecular complexity index is 1070. The van der Waals surface area contributed by atoms with Gasteiger partial charge in [0.05, 0.1) is 34.7 Å². The first-order valence-electron chi connectivity index (χ1n) is 8.74. The number of carbonyl (C=O) groups excluding carboxylic acids is 2. The van der Waals surface area contributed by atoms with Crippen LogP contribution in [0.3, 0.4) is 0 Å². The third-order valence-electron chi connectivity index (χ3n) is 3.91. The molecule has 2 aromatic carbocycles. The monoisotopic (exact) mass is 478 g/mol. The summed E-state index contributed by atoms with van der Waals surface area (Å²) in [6.07, 6.45) is -3.99. The molecule has 31 heavy (non-hydrogen) atoms. The lowest BCUT2D eigenvalue weighted by molar-refractivity contribution is -0.137. The van der Waals surface area contributed by atoms with Crippen molar-refractivity contribution in [1.29, 1.82) is 0 Å². The highest BCUT2D eigenvalue weighted by atomic mass is 35.5. The van der Waals surface area contributed by atoms with E-state index in [2.05, 4.69) is 5.32 Å². The van der Waals surface area contributed by atoms with Crippen LogP contribution >= 0.6 is 11.6 Å². The second-order valence-electron chi connectivity index (χ2n) is 6.28. The maximum Gasteiger partial charge on any atom is 0.416 e. The molecule has 0 spiro atoms. The number of hydrogen-bond acceptors (Lipinski definition) is 5. The predicted octanol–water partition coefficient (Wildman–Crippen LogP) is 3.94. The van der Waals surface area contributed by atoms with Gasteiger partial charge < -0.3 is 10.1 Å². The number of halogens is 4. The molecule has 0 aliphatic heterocycles. The van der Waals surface area contributed by atoms with Crippen LogP contribution in [0, 0.1) is 0 Å². The van der Waals surface area contributed by atoms with Gasteiger partial charge in [-0.3, -0.25) is 9.10 Å². The molecule has 2 rings (SSSR count). The maximum absolute atomic E-state index is 13.0. The Morgan fingerprint density at radius 2 is 1.74 bits per heavy atom. The van der Waals surface area contributed by atoms with Crippen LogP contribution in [0.1, 0.15) is 22.8 Å². The SMILES string of the molecule is CCOC(=O)c1ccc(NC(=O)CN(c2cc(C(F)(F)F)ccc2Cl)S(C)(=O)=O)cc1. The lowest BCUT2D eigenvalue weighted by atomic mass is 10.2. The number of ether oxygens (including phenoxy) is 1. The zero-order chi connectivity index (χ0) is 23.4. The molecular weight excluding hydrogens is 461 g/mol. The first-order chi connectivity index (χ1) is 14.3. The largest absolute Gasteiger partial charge is 0.462 e. The van der Waals surface area contributed by atoms with Crippen LogP contribution < -0.4 is 9.62 Å². The van der Waals surface area contributed by atoms with Crippen molar-refractivity contribution in [2.75, 3.05) is 29.0 Å². The third kappa shape index (κ3) is 6.59. The van der Waals surface area contributed by atoms with Gasteiger partial charge in [0.25, 0.3) is 0 Å². The number of amides is 1. The molecule has 0 bridgehead atoms. The van der Waals surface area contributed by atoms with E-state index in [1.54, 1.807) is 6.92 Å². The van der Waals surface area contributed by atoms with Crippen molar-refractivity contribution < 1.29 is 35.9 Å². The van der Waals surface area contributed by atoms with Crippen molar-refractivity contribution in [2.45, 2.75) is 13.1 Å². The fourth-order valence-corrected chi connectivity index (χ4v) is 3.63. The number of alkyl halides is 3. The Labute approximate surface area is 181 Å². The molecule has 168 valence electrons. The highest BCUT2D eigenvalue weighted by Crippen LogP contribution is 2.36. The summed E-state index contributed by atoms with van der Waals surface area (Å²) in [5.74, 6) is -1.38. The van der Waals surface area contributed by atoms with Gasteiger partial charge in [0, 0.05) is 5.69 Å². The van der Waals surface area contributed by atoms with Gasteiger partial charge >= 0.3 is 12.1 Å². The number of rotatable bonds is 7. The summed E-state index contributed by atoms with van der Waals surface area (Å²) in [6.45, 7) is 1.02. The van der Waals surface area contributed by atoms with E-state index >= 15 is 0 Å². The van der Waals surface area contributed by atoms with Crippen molar-refractivity contribution in [3.05, 3.63) is 58.6 Å². The van der Waals surface area contributed by atoms with Gasteiger partial charge in [0.15, 0.2) is 0 Å². The molecule has 0 unspecified atom stereocenters. The molecule has 0 radical (unpaired) electrons. The van der Waals surface area contributed by atoms with Gasteiger partial charge in [-0.05, 0) is 49.4 Å². The first-order valence-corrected chi connectivity index (χ1v) is 11.0. The van der Waals surface area contributed by atoms with Crippen LogP contribution in [0.15, 0.2) is 42.5 Å². The Hall–Kier alpha value is -2.79. The molecule has 0 heterocycles. The standard InChI is InChI=1S/C19H18ClF3N2O5S/c1-3-30-18(27)12-4-7-14(8-5-12)24-17(26)11-25(31(2,28)29)16-10-13(19(21,22)23)6-9-15(16)20/h4-10H,3,11H2,1-2H3,(H,24,26). The summed E-state index contributed by atoms with van der Waals surface area (Å²) in [5, 5.41) is 2.14. The van der Waals surface area contributed by atoms with Crippen LogP contribution in [-0.2, 0) is 25.7 Å². The number of esters is 1. The molecule has 0 saturated carbocycles. The number of sulfonamides is 1. The molecule has 0 atom stereocenters. The van der Waals surface area contributed by atoms with E-state index in [0.29, 0.717) is 16.4 Å². The normalized spacial score (nSPS) is 11.7. The average Bonchev–Trinajstić information content (AvgIpc) is 2.66. The quantitative estimate of drug-likeness (QED) is 0.608. The highest BCUT2D eigenvalue weighted by Gasteiger charge is 2.33. The van der Waals surface area contributed by atoms with E-state index in [9.17, 15) is 31.2 Å². The molecular formula is C19H18ClF3N2O5S. The summed E-state index contributed by atoms with van der Waals surface area (Å²) in [4.78, 5) is 24.0. The summed E-state index contributed by atoms with van der Waals surface area (Å²) < 4.78 is 68.7. The maximum atomic E-state index is 13.0. The number of anilines is 2. The lowest BCUT2D eigenvalue weighted by Gasteiger charge is -2.24. The van der Waals surface area contributed by atoms with E-state index in [4.69, 9.17) is 16.3 Å². The van der Waals surface area contributed by atoms with Crippen molar-refractivity contribution in [1.82, 2.24) is 0 Å². The lowest BCUT2D eigenvalue weighted by Crippen LogP contribution is -2.37. The molecule has 2 aromatic rings. The molecule has 1 N–H and O–H groups in total. The third-order valence-corrected chi connectivity index (χ3v) is 5.36. The summed E-state index contributed by atoms with van der Waals surface area (Å²) >= 11 is 5.91. The van der Waals surface area contributed by atoms with E-state index in [1.807, 2.05) is 0 Å². The van der Waals surface area contributed by atoms with Gasteiger partial charge in [-0.15, -0.1) is 0 Å². The Morgan fingerprint density at radius 1 is 1.13 bits per heavy atom. The van der Waals surface area contributed by atoms with E-state index in [0.717, 1.165) is 12.3 Å². The number of benzene rings is 2. The minimum Gasteiger partial charge on any atom is -0.462 e.